The molecule has 0 aromatic carbocycles. The Labute approximate surface area is 176 Å². The second-order valence-corrected chi connectivity index (χ2v) is 8.68. The molecule has 0 saturated carbocycles. The van der Waals surface area contributed by atoms with Crippen molar-refractivity contribution < 1.29 is 28.7 Å². The zero-order chi connectivity index (χ0) is 23.3. The third kappa shape index (κ3) is 11.7. The smallest absolute Gasteiger partial charge is 0.347 e. The molecular weight excluding hydrogens is 417 g/mol. The van der Waals surface area contributed by atoms with Gasteiger partial charge in [0.25, 0.3) is 0 Å². The Kier molecular flexibility index (Phi) is 12.9. The predicted octanol–water partition coefficient (Wildman–Crippen LogP) is -2.33. The summed E-state index contributed by atoms with van der Waals surface area (Å²) in [6, 6.07) is -1.95. The van der Waals surface area contributed by atoms with Gasteiger partial charge in [-0.1, -0.05) is 13.3 Å². The Bertz CT molecular complexity index is 650. The van der Waals surface area contributed by atoms with Crippen LogP contribution in [0.4, 0.5) is 0 Å². The number of hydrogen-bond acceptors (Lipinski definition) is 6. The summed E-state index contributed by atoms with van der Waals surface area (Å²) in [7, 11) is -2.94. The van der Waals surface area contributed by atoms with Crippen LogP contribution in [0.2, 0.25) is 0 Å². The summed E-state index contributed by atoms with van der Waals surface area (Å²) in [4.78, 5) is 59.2. The van der Waals surface area contributed by atoms with E-state index in [1.807, 2.05) is 0 Å². The molecule has 0 saturated heterocycles. The fraction of sp³-hybridized carbons (Fsp3) is 0.750. The second-order valence-electron chi connectivity index (χ2n) is 6.72. The van der Waals surface area contributed by atoms with Crippen molar-refractivity contribution in [1.29, 1.82) is 0 Å². The van der Waals surface area contributed by atoms with Crippen LogP contribution in [0.1, 0.15) is 39.5 Å². The van der Waals surface area contributed by atoms with Crippen LogP contribution in [-0.2, 0) is 18.9 Å². The highest BCUT2D eigenvalue weighted by atomic mass is 31.2. The first-order valence-electron chi connectivity index (χ1n) is 9.57. The fourth-order valence-corrected chi connectivity index (χ4v) is 2.69. The van der Waals surface area contributed by atoms with E-state index in [9.17, 15) is 18.9 Å². The molecule has 0 aliphatic carbocycles. The van der Waals surface area contributed by atoms with E-state index in [1.54, 1.807) is 14.0 Å². The number of nitrogens with zero attached hydrogens (tertiary/aromatic N) is 1. The lowest BCUT2D eigenvalue weighted by Crippen LogP contribution is -2.55. The van der Waals surface area contributed by atoms with Crippen LogP contribution >= 0.6 is 7.60 Å². The van der Waals surface area contributed by atoms with Gasteiger partial charge in [0.1, 0.15) is 17.9 Å². The van der Waals surface area contributed by atoms with Crippen LogP contribution in [0.15, 0.2) is 4.99 Å². The SMILES string of the molecule is CCC[C@H](NC(=O)[C@H](CCCN=C(N)N)NC(=O)CNC)C(=O)N[C@@H](C)P(=O)(O)O. The first-order valence-corrected chi connectivity index (χ1v) is 11.3. The molecule has 13 nitrogen and oxygen atoms in total. The van der Waals surface area contributed by atoms with Crippen molar-refractivity contribution in [3.05, 3.63) is 0 Å². The van der Waals surface area contributed by atoms with Gasteiger partial charge < -0.3 is 42.5 Å². The zero-order valence-corrected chi connectivity index (χ0v) is 18.4. The molecule has 30 heavy (non-hydrogen) atoms. The third-order valence-corrected chi connectivity index (χ3v) is 5.14. The summed E-state index contributed by atoms with van der Waals surface area (Å²) in [6.07, 6.45) is 1.40. The number of aliphatic imine (C=N–C) groups is 1. The van der Waals surface area contributed by atoms with E-state index in [2.05, 4.69) is 26.3 Å². The molecule has 0 radical (unpaired) electrons. The lowest BCUT2D eigenvalue weighted by atomic mass is 10.1. The molecule has 3 amide bonds. The van der Waals surface area contributed by atoms with E-state index in [0.29, 0.717) is 12.8 Å². The van der Waals surface area contributed by atoms with Crippen LogP contribution < -0.4 is 32.7 Å². The van der Waals surface area contributed by atoms with Gasteiger partial charge in [0.2, 0.25) is 17.7 Å². The summed E-state index contributed by atoms with van der Waals surface area (Å²) >= 11 is 0. The third-order valence-electron chi connectivity index (χ3n) is 4.00. The van der Waals surface area contributed by atoms with Gasteiger partial charge in [0, 0.05) is 6.54 Å². The molecule has 10 N–H and O–H groups in total. The van der Waals surface area contributed by atoms with Crippen LogP contribution in [0.3, 0.4) is 0 Å². The number of carbonyl (C=O) groups excluding carboxylic acids is 3. The van der Waals surface area contributed by atoms with Crippen molar-refractivity contribution in [2.24, 2.45) is 16.5 Å². The minimum absolute atomic E-state index is 0.00362. The summed E-state index contributed by atoms with van der Waals surface area (Å²) in [5, 5.41) is 10.0. The quantitative estimate of drug-likeness (QED) is 0.0613. The maximum atomic E-state index is 12.7. The number of carbonyl (C=O) groups is 3. The second kappa shape index (κ2) is 13.9. The minimum Gasteiger partial charge on any atom is -0.370 e. The molecular formula is C16H34N7O6P. The molecule has 0 aromatic rings. The summed E-state index contributed by atoms with van der Waals surface area (Å²) in [5.74, 6) is -3.21. The number of nitrogens with one attached hydrogen (secondary N) is 4. The van der Waals surface area contributed by atoms with E-state index < -0.39 is 43.2 Å². The first kappa shape index (κ1) is 27.8. The molecule has 14 heteroatoms. The fourth-order valence-electron chi connectivity index (χ4n) is 2.40. The molecule has 0 spiro atoms. The minimum atomic E-state index is -4.52. The number of hydrogen-bond donors (Lipinski definition) is 8. The largest absolute Gasteiger partial charge is 0.370 e. The normalized spacial score (nSPS) is 14.2. The van der Waals surface area contributed by atoms with Crippen LogP contribution in [0, 0.1) is 0 Å². The van der Waals surface area contributed by atoms with Crippen molar-refractivity contribution in [2.45, 2.75) is 57.4 Å². The number of likely N-dealkylation sites (N-methyl/N-ethyl adjacent to an activating group) is 1. The molecule has 0 aromatic heterocycles. The van der Waals surface area contributed by atoms with Crippen molar-refractivity contribution >= 4 is 31.3 Å². The molecule has 3 atom stereocenters. The number of rotatable bonds is 14. The average molecular weight is 451 g/mol. The Morgan fingerprint density at radius 3 is 2.10 bits per heavy atom. The van der Waals surface area contributed by atoms with Crippen LogP contribution in [0.5, 0.6) is 0 Å². The molecule has 0 heterocycles. The molecule has 0 unspecified atom stereocenters. The van der Waals surface area contributed by atoms with Crippen molar-refractivity contribution in [3.8, 4) is 0 Å². The van der Waals surface area contributed by atoms with E-state index in [-0.39, 0.29) is 31.9 Å². The molecule has 174 valence electrons. The van der Waals surface area contributed by atoms with Gasteiger partial charge in [-0.2, -0.15) is 0 Å². The monoisotopic (exact) mass is 451 g/mol. The Morgan fingerprint density at radius 2 is 1.60 bits per heavy atom. The van der Waals surface area contributed by atoms with Gasteiger partial charge in [-0.05, 0) is 33.2 Å². The molecule has 0 bridgehead atoms. The standard InChI is InChI=1S/C16H34N7O6P/c1-4-6-11(14(25)21-10(2)30(27,28)29)23-15(26)12(22-13(24)9-19-3)7-5-8-20-16(17)18/h10-12,19H,4-9H2,1-3H3,(H,21,25)(H,22,24)(H,23,26)(H4,17,18,20)(H2,27,28,29)/t10-,11+,12+/m1/s1. The topological polar surface area (TPSA) is 221 Å². The van der Waals surface area contributed by atoms with E-state index in [1.165, 1.54) is 6.92 Å². The highest BCUT2D eigenvalue weighted by Crippen LogP contribution is 2.39. The van der Waals surface area contributed by atoms with E-state index >= 15 is 0 Å². The van der Waals surface area contributed by atoms with Gasteiger partial charge in [-0.25, -0.2) is 0 Å². The number of guanidine groups is 1. The van der Waals surface area contributed by atoms with Crippen LogP contribution in [0.25, 0.3) is 0 Å². The van der Waals surface area contributed by atoms with E-state index in [4.69, 9.17) is 21.3 Å². The molecule has 0 aliphatic rings. The summed E-state index contributed by atoms with van der Waals surface area (Å²) in [6.45, 7) is 3.22. The summed E-state index contributed by atoms with van der Waals surface area (Å²) < 4.78 is 11.3. The van der Waals surface area contributed by atoms with Crippen molar-refractivity contribution in [1.82, 2.24) is 21.3 Å². The number of amides is 3. The highest BCUT2D eigenvalue weighted by Gasteiger charge is 2.30. The molecule has 0 fully saturated rings. The molecule has 0 rings (SSSR count). The Hall–Kier alpha value is -2.21. The Morgan fingerprint density at radius 1 is 1.03 bits per heavy atom. The zero-order valence-electron chi connectivity index (χ0n) is 17.6. The van der Waals surface area contributed by atoms with E-state index in [0.717, 1.165) is 0 Å². The maximum Gasteiger partial charge on any atom is 0.347 e. The van der Waals surface area contributed by atoms with Gasteiger partial charge in [0.05, 0.1) is 6.54 Å². The average Bonchev–Trinajstić information content (AvgIpc) is 2.62. The predicted molar refractivity (Wildman–Crippen MR) is 112 cm³/mol. The van der Waals surface area contributed by atoms with Crippen LogP contribution in [-0.4, -0.2) is 71.5 Å². The lowest BCUT2D eigenvalue weighted by molar-refractivity contribution is -0.132. The first-order chi connectivity index (χ1) is 13.9. The maximum absolute atomic E-state index is 12.7. The van der Waals surface area contributed by atoms with Gasteiger partial charge in [0.15, 0.2) is 5.96 Å². The van der Waals surface area contributed by atoms with Gasteiger partial charge in [-0.3, -0.25) is 23.9 Å². The van der Waals surface area contributed by atoms with Gasteiger partial charge >= 0.3 is 7.60 Å². The highest BCUT2D eigenvalue weighted by molar-refractivity contribution is 7.52. The van der Waals surface area contributed by atoms with Crippen molar-refractivity contribution in [2.75, 3.05) is 20.1 Å². The molecule has 0 aliphatic heterocycles. The summed E-state index contributed by atoms with van der Waals surface area (Å²) in [5.41, 5.74) is 10.5. The Balaban J connectivity index is 5.19. The lowest BCUT2D eigenvalue weighted by Gasteiger charge is -2.24. The number of nitrogens with two attached hydrogens (primary N) is 2. The van der Waals surface area contributed by atoms with Crippen molar-refractivity contribution in [3.63, 3.8) is 0 Å². The van der Waals surface area contributed by atoms with Gasteiger partial charge in [-0.15, -0.1) is 0 Å².